The normalized spacial score (nSPS) is 13.9. The minimum absolute atomic E-state index is 0. The fourth-order valence-corrected chi connectivity index (χ4v) is 5.58. The van der Waals surface area contributed by atoms with Crippen LogP contribution in [-0.2, 0) is 52.6 Å². The molecule has 0 bridgehead atoms. The molecule has 3 aromatic rings. The number of carbonyl (C=O) groups excluding carboxylic acids is 6. The molecule has 3 aromatic heterocycles. The molecule has 0 aliphatic heterocycles. The number of amides is 6. The second kappa shape index (κ2) is 24.2. The second-order valence-corrected chi connectivity index (χ2v) is 13.6. The molecule has 2 fully saturated rings. The quantitative estimate of drug-likeness (QED) is 0.0714. The molecule has 0 spiro atoms. The first kappa shape index (κ1) is 48.4. The Labute approximate surface area is 357 Å². The molecule has 2 aliphatic rings. The molecule has 2 saturated carbocycles. The van der Waals surface area contributed by atoms with Gasteiger partial charge in [-0.1, -0.05) is 0 Å². The van der Waals surface area contributed by atoms with Crippen molar-refractivity contribution in [2.24, 2.45) is 26.9 Å². The van der Waals surface area contributed by atoms with Crippen molar-refractivity contribution in [1.29, 1.82) is 0 Å². The Hall–Kier alpha value is -4.97. The van der Waals surface area contributed by atoms with E-state index in [0.717, 1.165) is 19.4 Å². The van der Waals surface area contributed by atoms with E-state index in [-0.39, 0.29) is 71.0 Å². The summed E-state index contributed by atoms with van der Waals surface area (Å²) in [5.41, 5.74) is 6.75. The smallest absolute Gasteiger partial charge is 0.356 e. The van der Waals surface area contributed by atoms with Crippen LogP contribution in [0.2, 0.25) is 0 Å². The van der Waals surface area contributed by atoms with E-state index in [1.807, 2.05) is 31.8 Å². The van der Waals surface area contributed by atoms with Gasteiger partial charge in [0, 0.05) is 65.8 Å². The third-order valence-electron chi connectivity index (χ3n) is 8.56. The average Bonchev–Trinajstić information content (AvgIpc) is 4.03. The van der Waals surface area contributed by atoms with Crippen LogP contribution in [0.4, 0.5) is 17.2 Å². The number of aromatic nitrogens is 4. The van der Waals surface area contributed by atoms with E-state index in [9.17, 15) is 28.8 Å². The first-order chi connectivity index (χ1) is 27.7. The summed E-state index contributed by atoms with van der Waals surface area (Å²) in [6, 6.07) is 3.09. The molecule has 0 atom stereocenters. The SMILES string of the molecule is CN(C)CCCNC(=O)c1cc(NC(=O)c2nc(NC(=O)c3cc(NC(=O)CCNC(=O)[C]4[CH][CH][CH][CH]4)cn3C)cn2C)cn1C.NCCCNC(=O)[C]1[CH][CH][CH][CH]1.[Fe+2]. The number of rotatable bonds is 18. The van der Waals surface area contributed by atoms with Crippen LogP contribution in [0, 0.1) is 63.2 Å². The predicted octanol–water partition coefficient (Wildman–Crippen LogP) is 0.987. The van der Waals surface area contributed by atoms with Gasteiger partial charge in [-0.15, -0.1) is 0 Å². The molecular formula is C40H52FeN12O6+2. The van der Waals surface area contributed by atoms with Gasteiger partial charge < -0.3 is 56.2 Å². The third-order valence-corrected chi connectivity index (χ3v) is 8.56. The summed E-state index contributed by atoms with van der Waals surface area (Å²) in [6.45, 7) is 2.80. The maximum Gasteiger partial charge on any atom is 2.00 e. The predicted molar refractivity (Wildman–Crippen MR) is 219 cm³/mol. The molecule has 5 rings (SSSR count). The summed E-state index contributed by atoms with van der Waals surface area (Å²) in [5.74, 6) is -0.447. The van der Waals surface area contributed by atoms with Crippen LogP contribution in [-0.4, -0.2) is 106 Å². The zero-order valence-corrected chi connectivity index (χ0v) is 34.9. The first-order valence-electron chi connectivity index (χ1n) is 18.7. The van der Waals surface area contributed by atoms with Crippen LogP contribution in [0.25, 0.3) is 0 Å². The van der Waals surface area contributed by atoms with Gasteiger partial charge >= 0.3 is 17.1 Å². The average molecular weight is 853 g/mol. The third kappa shape index (κ3) is 15.3. The molecule has 0 aromatic carbocycles. The topological polar surface area (TPSA) is 232 Å². The monoisotopic (exact) mass is 852 g/mol. The molecule has 3 heterocycles. The van der Waals surface area contributed by atoms with Crippen LogP contribution < -0.4 is 37.6 Å². The molecule has 59 heavy (non-hydrogen) atoms. The minimum atomic E-state index is -0.527. The largest absolute Gasteiger partial charge is 2.00 e. The van der Waals surface area contributed by atoms with E-state index in [4.69, 9.17) is 5.73 Å². The van der Waals surface area contributed by atoms with Crippen LogP contribution in [0.15, 0.2) is 30.7 Å². The van der Waals surface area contributed by atoms with Gasteiger partial charge in [-0.05, 0) is 104 Å². The van der Waals surface area contributed by atoms with E-state index < -0.39 is 11.8 Å². The zero-order chi connectivity index (χ0) is 42.2. The molecule has 2 aliphatic carbocycles. The van der Waals surface area contributed by atoms with Gasteiger partial charge in [0.25, 0.3) is 17.7 Å². The van der Waals surface area contributed by atoms with Crippen molar-refractivity contribution < 1.29 is 45.8 Å². The van der Waals surface area contributed by atoms with E-state index in [2.05, 4.69) is 36.9 Å². The fraction of sp³-hybridized carbons (Fsp3) is 0.325. The van der Waals surface area contributed by atoms with Gasteiger partial charge in [-0.2, -0.15) is 0 Å². The fourth-order valence-electron chi connectivity index (χ4n) is 5.58. The van der Waals surface area contributed by atoms with Crippen molar-refractivity contribution in [3.05, 3.63) is 111 Å². The van der Waals surface area contributed by atoms with Gasteiger partial charge in [-0.3, -0.25) is 28.8 Å². The maximum atomic E-state index is 13.0. The zero-order valence-electron chi connectivity index (χ0n) is 33.8. The van der Waals surface area contributed by atoms with Gasteiger partial charge in [0.1, 0.15) is 11.4 Å². The Morgan fingerprint density at radius 2 is 1.14 bits per heavy atom. The molecule has 19 heteroatoms. The summed E-state index contributed by atoms with van der Waals surface area (Å²) >= 11 is 0. The first-order valence-corrected chi connectivity index (χ1v) is 18.7. The number of nitrogens with two attached hydrogens (primary N) is 1. The van der Waals surface area contributed by atoms with Crippen molar-refractivity contribution in [2.45, 2.75) is 19.3 Å². The molecular weight excluding hydrogens is 800 g/mol. The number of carbonyl (C=O) groups is 6. The van der Waals surface area contributed by atoms with Crippen LogP contribution >= 0.6 is 0 Å². The molecule has 6 amide bonds. The van der Waals surface area contributed by atoms with Crippen LogP contribution in [0.3, 0.4) is 0 Å². The second-order valence-electron chi connectivity index (χ2n) is 13.6. The minimum Gasteiger partial charge on any atom is -0.356 e. The van der Waals surface area contributed by atoms with Crippen molar-refractivity contribution in [3.8, 4) is 0 Å². The van der Waals surface area contributed by atoms with Gasteiger partial charge in [0.2, 0.25) is 23.5 Å². The summed E-state index contributed by atoms with van der Waals surface area (Å²) in [4.78, 5) is 80.5. The molecule has 0 unspecified atom stereocenters. The van der Waals surface area contributed by atoms with E-state index in [1.165, 1.54) is 16.8 Å². The Morgan fingerprint density at radius 1 is 0.627 bits per heavy atom. The number of hydrogen-bond donors (Lipinski definition) is 7. The summed E-state index contributed by atoms with van der Waals surface area (Å²) in [5, 5.41) is 16.5. The number of imidazole rings is 1. The molecule has 0 saturated heterocycles. The van der Waals surface area contributed by atoms with Crippen LogP contribution in [0.5, 0.6) is 0 Å². The van der Waals surface area contributed by atoms with Crippen molar-refractivity contribution in [2.75, 3.05) is 62.8 Å². The Kier molecular flexibility index (Phi) is 19.8. The van der Waals surface area contributed by atoms with E-state index >= 15 is 0 Å². The molecule has 10 radical (unpaired) electrons. The summed E-state index contributed by atoms with van der Waals surface area (Å²) in [7, 11) is 8.92. The van der Waals surface area contributed by atoms with Crippen molar-refractivity contribution in [1.82, 2.24) is 39.5 Å². The van der Waals surface area contributed by atoms with Gasteiger partial charge in [0.15, 0.2) is 5.82 Å². The Bertz CT molecular complexity index is 1870. The molecule has 18 nitrogen and oxygen atoms in total. The molecule has 8 N–H and O–H groups in total. The van der Waals surface area contributed by atoms with E-state index in [0.29, 0.717) is 48.5 Å². The van der Waals surface area contributed by atoms with Gasteiger partial charge in [0.05, 0.1) is 23.2 Å². The number of hydrogen-bond acceptors (Lipinski definition) is 9. The van der Waals surface area contributed by atoms with Crippen molar-refractivity contribution >= 4 is 52.6 Å². The summed E-state index contributed by atoms with van der Waals surface area (Å²) < 4.78 is 4.64. The van der Waals surface area contributed by atoms with Crippen molar-refractivity contribution in [3.63, 3.8) is 0 Å². The number of nitrogens with zero attached hydrogens (tertiary/aromatic N) is 5. The maximum absolute atomic E-state index is 13.0. The Balaban J connectivity index is 0.000000614. The molecule has 314 valence electrons. The standard InChI is InChI=1S/C31H39N10O5.C9H13N2O.Fe/c1-38(2)14-8-12-32-29(44)23-16-22(18-39(23)3)35-31(46)27-36-25(19-41(27)5)37-30(45)24-15-21(17-40(24)4)34-26(42)11-13-33-28(43)20-9-6-7-10-20;10-6-3-7-11-9(12)8-4-1-2-5-8;/h6-7,9-10,15-19H,8,11-14H2,1-5H3,(H,32,44)(H,33,43)(H,34,42)(H,35,46)(H,37,45);1-2,4-5H,3,6-7,10H2,(H,11,12);/q;;+2. The number of anilines is 3. The Morgan fingerprint density at radius 3 is 1.69 bits per heavy atom. The van der Waals surface area contributed by atoms with Crippen LogP contribution in [0.1, 0.15) is 50.9 Å². The van der Waals surface area contributed by atoms with Gasteiger partial charge in [-0.25, -0.2) is 4.98 Å². The number of aryl methyl sites for hydroxylation is 3. The van der Waals surface area contributed by atoms with E-state index in [1.54, 1.807) is 87.3 Å². The summed E-state index contributed by atoms with van der Waals surface area (Å²) in [6.07, 6.45) is 20.6. The number of nitrogens with one attached hydrogen (secondary N) is 6.